The number of carbonyl (C=O) groups excluding carboxylic acids is 1. The summed E-state index contributed by atoms with van der Waals surface area (Å²) in [5.74, 6) is -0.384. The van der Waals surface area contributed by atoms with Gasteiger partial charge < -0.3 is 4.74 Å². The van der Waals surface area contributed by atoms with E-state index in [0.29, 0.717) is 27.9 Å². The molecule has 3 rings (SSSR count). The summed E-state index contributed by atoms with van der Waals surface area (Å²) in [6.07, 6.45) is 0. The summed E-state index contributed by atoms with van der Waals surface area (Å²) in [7, 11) is 0. The van der Waals surface area contributed by atoms with E-state index in [1.807, 2.05) is 24.3 Å². The minimum Gasteiger partial charge on any atom is -0.462 e. The van der Waals surface area contributed by atoms with Gasteiger partial charge in [0.15, 0.2) is 0 Å². The van der Waals surface area contributed by atoms with Gasteiger partial charge in [-0.2, -0.15) is 9.98 Å². The Morgan fingerprint density at radius 1 is 1.17 bits per heavy atom. The third kappa shape index (κ3) is 3.54. The SMILES string of the molecule is CCOC(=O)c1sc2ccccc2c1N=C=Nc1ccc(Cl)cc1. The van der Waals surface area contributed by atoms with Gasteiger partial charge in [0.05, 0.1) is 12.3 Å². The van der Waals surface area contributed by atoms with Gasteiger partial charge in [-0.1, -0.05) is 29.8 Å². The number of ether oxygens (including phenoxy) is 1. The van der Waals surface area contributed by atoms with Gasteiger partial charge in [-0.15, -0.1) is 11.3 Å². The number of nitrogens with zero attached hydrogens (tertiary/aromatic N) is 2. The number of aliphatic imine (C=N–C) groups is 2. The van der Waals surface area contributed by atoms with Crippen molar-refractivity contribution >= 4 is 56.4 Å². The fourth-order valence-corrected chi connectivity index (χ4v) is 3.29. The first-order chi connectivity index (χ1) is 11.7. The van der Waals surface area contributed by atoms with Crippen LogP contribution in [0.3, 0.4) is 0 Å². The molecule has 120 valence electrons. The average Bonchev–Trinajstić information content (AvgIpc) is 2.96. The van der Waals surface area contributed by atoms with Crippen LogP contribution >= 0.6 is 22.9 Å². The Morgan fingerprint density at radius 2 is 1.92 bits per heavy atom. The fraction of sp³-hybridized carbons (Fsp3) is 0.111. The summed E-state index contributed by atoms with van der Waals surface area (Å²) < 4.78 is 6.08. The van der Waals surface area contributed by atoms with Crippen LogP contribution in [0.4, 0.5) is 11.4 Å². The van der Waals surface area contributed by atoms with Crippen molar-refractivity contribution < 1.29 is 9.53 Å². The molecular weight excluding hydrogens is 344 g/mol. The zero-order valence-corrected chi connectivity index (χ0v) is 14.4. The van der Waals surface area contributed by atoms with Gasteiger partial charge in [0, 0.05) is 15.1 Å². The van der Waals surface area contributed by atoms with Gasteiger partial charge in [0.25, 0.3) is 0 Å². The van der Waals surface area contributed by atoms with E-state index in [1.165, 1.54) is 11.3 Å². The molecule has 0 aliphatic rings. The van der Waals surface area contributed by atoms with Crippen LogP contribution in [-0.4, -0.2) is 18.6 Å². The first-order valence-electron chi connectivity index (χ1n) is 7.29. The van der Waals surface area contributed by atoms with E-state index < -0.39 is 0 Å². The van der Waals surface area contributed by atoms with Gasteiger partial charge in [-0.05, 0) is 37.3 Å². The first-order valence-corrected chi connectivity index (χ1v) is 8.49. The van der Waals surface area contributed by atoms with E-state index in [0.717, 1.165) is 10.1 Å². The van der Waals surface area contributed by atoms with E-state index in [4.69, 9.17) is 16.3 Å². The van der Waals surface area contributed by atoms with Crippen LogP contribution in [0, 0.1) is 0 Å². The van der Waals surface area contributed by atoms with E-state index in [-0.39, 0.29) is 5.97 Å². The standard InChI is InChI=1S/C18H13ClN2O2S/c1-2-23-18(22)17-16(14-5-3-4-6-15(14)24-17)21-11-20-13-9-7-12(19)8-10-13/h3-10H,2H2,1H3. The molecule has 0 unspecified atom stereocenters. The molecule has 2 aromatic carbocycles. The molecule has 0 saturated carbocycles. The molecule has 0 aliphatic carbocycles. The molecule has 0 amide bonds. The number of fused-ring (bicyclic) bond motifs is 1. The van der Waals surface area contributed by atoms with Crippen LogP contribution in [0.5, 0.6) is 0 Å². The number of hydrogen-bond donors (Lipinski definition) is 0. The molecule has 0 radical (unpaired) electrons. The van der Waals surface area contributed by atoms with Crippen LogP contribution in [0.15, 0.2) is 58.5 Å². The molecule has 0 aliphatic heterocycles. The zero-order valence-electron chi connectivity index (χ0n) is 12.8. The Morgan fingerprint density at radius 3 is 2.67 bits per heavy atom. The fourth-order valence-electron chi connectivity index (χ4n) is 2.13. The summed E-state index contributed by atoms with van der Waals surface area (Å²) in [5.41, 5.74) is 1.21. The second-order valence-corrected chi connectivity index (χ2v) is 6.29. The minimum absolute atomic E-state index is 0.315. The normalized spacial score (nSPS) is 10.2. The summed E-state index contributed by atoms with van der Waals surface area (Å²) >= 11 is 7.19. The molecule has 0 atom stereocenters. The molecule has 6 heteroatoms. The number of rotatable bonds is 4. The van der Waals surface area contributed by atoms with Crippen molar-refractivity contribution in [3.63, 3.8) is 0 Å². The Bertz CT molecular complexity index is 941. The van der Waals surface area contributed by atoms with E-state index in [1.54, 1.807) is 31.2 Å². The van der Waals surface area contributed by atoms with Gasteiger partial charge in [0.1, 0.15) is 16.6 Å². The third-order valence-electron chi connectivity index (χ3n) is 3.20. The van der Waals surface area contributed by atoms with Crippen LogP contribution in [0.25, 0.3) is 10.1 Å². The summed E-state index contributed by atoms with van der Waals surface area (Å²) in [4.78, 5) is 21.0. The maximum Gasteiger partial charge on any atom is 0.350 e. The van der Waals surface area contributed by atoms with Crippen molar-refractivity contribution in [2.24, 2.45) is 9.98 Å². The topological polar surface area (TPSA) is 51.0 Å². The maximum absolute atomic E-state index is 12.2. The lowest BCUT2D eigenvalue weighted by Crippen LogP contribution is -2.02. The van der Waals surface area contributed by atoms with Crippen molar-refractivity contribution in [1.29, 1.82) is 0 Å². The van der Waals surface area contributed by atoms with E-state index in [9.17, 15) is 4.79 Å². The van der Waals surface area contributed by atoms with E-state index in [2.05, 4.69) is 16.0 Å². The van der Waals surface area contributed by atoms with Crippen LogP contribution in [0.1, 0.15) is 16.6 Å². The highest BCUT2D eigenvalue weighted by Crippen LogP contribution is 2.38. The molecule has 0 spiro atoms. The van der Waals surface area contributed by atoms with Crippen LogP contribution in [-0.2, 0) is 4.74 Å². The molecule has 0 bridgehead atoms. The van der Waals surface area contributed by atoms with Crippen molar-refractivity contribution in [2.45, 2.75) is 6.92 Å². The lowest BCUT2D eigenvalue weighted by atomic mass is 10.2. The van der Waals surface area contributed by atoms with Gasteiger partial charge in [-0.3, -0.25) is 0 Å². The number of carbonyl (C=O) groups is 1. The summed E-state index contributed by atoms with van der Waals surface area (Å²) in [5, 5.41) is 1.52. The van der Waals surface area contributed by atoms with Crippen molar-refractivity contribution in [3.8, 4) is 0 Å². The maximum atomic E-state index is 12.2. The smallest absolute Gasteiger partial charge is 0.350 e. The lowest BCUT2D eigenvalue weighted by Gasteiger charge is -1.98. The molecule has 0 fully saturated rings. The predicted molar refractivity (Wildman–Crippen MR) is 98.4 cm³/mol. The number of hydrogen-bond acceptors (Lipinski definition) is 5. The van der Waals surface area contributed by atoms with Crippen molar-refractivity contribution in [2.75, 3.05) is 6.61 Å². The number of benzene rings is 2. The van der Waals surface area contributed by atoms with Crippen LogP contribution < -0.4 is 0 Å². The Balaban J connectivity index is 2.03. The third-order valence-corrected chi connectivity index (χ3v) is 4.59. The zero-order chi connectivity index (χ0) is 16.9. The van der Waals surface area contributed by atoms with Gasteiger partial charge >= 0.3 is 5.97 Å². The van der Waals surface area contributed by atoms with Crippen molar-refractivity contribution in [1.82, 2.24) is 0 Å². The molecule has 1 heterocycles. The molecule has 3 aromatic rings. The molecule has 4 nitrogen and oxygen atoms in total. The average molecular weight is 357 g/mol. The summed E-state index contributed by atoms with van der Waals surface area (Å²) in [6.45, 7) is 2.09. The Hall–Kier alpha value is -2.46. The van der Waals surface area contributed by atoms with Crippen molar-refractivity contribution in [3.05, 3.63) is 58.4 Å². The Labute approximate surface area is 148 Å². The minimum atomic E-state index is -0.384. The van der Waals surface area contributed by atoms with E-state index >= 15 is 0 Å². The highest BCUT2D eigenvalue weighted by atomic mass is 35.5. The monoisotopic (exact) mass is 356 g/mol. The molecule has 0 N–H and O–H groups in total. The number of thiophene rings is 1. The number of esters is 1. The largest absolute Gasteiger partial charge is 0.462 e. The molecular formula is C18H13ClN2O2S. The highest BCUT2D eigenvalue weighted by molar-refractivity contribution is 7.21. The molecule has 1 aromatic heterocycles. The first kappa shape index (κ1) is 16.4. The Kier molecular flexibility index (Phi) is 5.06. The second kappa shape index (κ2) is 7.41. The predicted octanol–water partition coefficient (Wildman–Crippen LogP) is 5.87. The number of halogens is 1. The summed E-state index contributed by atoms with van der Waals surface area (Å²) in [6, 6.07) is 17.4. The molecule has 24 heavy (non-hydrogen) atoms. The highest BCUT2D eigenvalue weighted by Gasteiger charge is 2.18. The van der Waals surface area contributed by atoms with Crippen LogP contribution in [0.2, 0.25) is 5.02 Å². The van der Waals surface area contributed by atoms with Gasteiger partial charge in [-0.25, -0.2) is 4.79 Å². The quantitative estimate of drug-likeness (QED) is 0.433. The van der Waals surface area contributed by atoms with Gasteiger partial charge in [0.2, 0.25) is 0 Å². The lowest BCUT2D eigenvalue weighted by molar-refractivity contribution is 0.0533. The molecule has 0 saturated heterocycles. The second-order valence-electron chi connectivity index (χ2n) is 4.80.